The summed E-state index contributed by atoms with van der Waals surface area (Å²) in [6.45, 7) is 2.40. The minimum absolute atomic E-state index is 0.338. The van der Waals surface area contributed by atoms with E-state index in [4.69, 9.17) is 4.74 Å². The molecule has 0 aromatic rings. The third-order valence-corrected chi connectivity index (χ3v) is 3.36. The summed E-state index contributed by atoms with van der Waals surface area (Å²) in [7, 11) is 0. The number of halogens is 1. The molecule has 2 saturated heterocycles. The van der Waals surface area contributed by atoms with Gasteiger partial charge in [-0.2, -0.15) is 0 Å². The predicted octanol–water partition coefficient (Wildman–Crippen LogP) is 2.04. The Bertz CT molecular complexity index is 174. The molecular formula is C11H20FNO. The van der Waals surface area contributed by atoms with Gasteiger partial charge in [0.2, 0.25) is 0 Å². The highest BCUT2D eigenvalue weighted by atomic mass is 19.1. The van der Waals surface area contributed by atoms with Crippen molar-refractivity contribution in [1.29, 1.82) is 0 Å². The Morgan fingerprint density at radius 1 is 1.43 bits per heavy atom. The van der Waals surface area contributed by atoms with Gasteiger partial charge in [0, 0.05) is 13.2 Å². The number of rotatable bonds is 3. The van der Waals surface area contributed by atoms with E-state index < -0.39 is 5.67 Å². The van der Waals surface area contributed by atoms with E-state index in [9.17, 15) is 4.39 Å². The summed E-state index contributed by atoms with van der Waals surface area (Å²) < 4.78 is 19.6. The predicted molar refractivity (Wildman–Crippen MR) is 54.2 cm³/mol. The fourth-order valence-electron chi connectivity index (χ4n) is 2.44. The number of hydrogen-bond acceptors (Lipinski definition) is 2. The standard InChI is InChI=1S/C11H20FNO/c12-11(5-2-7-13-9-11)6-4-10-3-1-8-14-10/h10,13H,1-9H2. The molecule has 2 heterocycles. The lowest BCUT2D eigenvalue weighted by Crippen LogP contribution is -2.42. The fourth-order valence-corrected chi connectivity index (χ4v) is 2.44. The molecule has 0 bridgehead atoms. The molecule has 2 unspecified atom stereocenters. The summed E-state index contributed by atoms with van der Waals surface area (Å²) in [6.07, 6.45) is 5.90. The Morgan fingerprint density at radius 3 is 3.00 bits per heavy atom. The van der Waals surface area contributed by atoms with E-state index in [2.05, 4.69) is 5.32 Å². The van der Waals surface area contributed by atoms with Crippen LogP contribution in [0.2, 0.25) is 0 Å². The minimum Gasteiger partial charge on any atom is -0.378 e. The van der Waals surface area contributed by atoms with Gasteiger partial charge in [-0.15, -0.1) is 0 Å². The maximum Gasteiger partial charge on any atom is 0.123 e. The second-order valence-electron chi connectivity index (χ2n) is 4.60. The monoisotopic (exact) mass is 201 g/mol. The van der Waals surface area contributed by atoms with Crippen LogP contribution in [-0.2, 0) is 4.74 Å². The molecule has 3 heteroatoms. The molecule has 2 atom stereocenters. The molecule has 0 aromatic heterocycles. The average molecular weight is 201 g/mol. The summed E-state index contributed by atoms with van der Waals surface area (Å²) in [5.41, 5.74) is -0.954. The number of ether oxygens (including phenoxy) is 1. The molecule has 2 fully saturated rings. The minimum atomic E-state index is -0.954. The summed E-state index contributed by atoms with van der Waals surface area (Å²) in [5.74, 6) is 0. The van der Waals surface area contributed by atoms with E-state index in [-0.39, 0.29) is 0 Å². The maximum absolute atomic E-state index is 14.1. The number of nitrogens with one attached hydrogen (secondary N) is 1. The summed E-state index contributed by atoms with van der Waals surface area (Å²) >= 11 is 0. The van der Waals surface area contributed by atoms with Gasteiger partial charge in [0.25, 0.3) is 0 Å². The van der Waals surface area contributed by atoms with Gasteiger partial charge in [0.15, 0.2) is 0 Å². The Morgan fingerprint density at radius 2 is 2.36 bits per heavy atom. The van der Waals surface area contributed by atoms with E-state index in [1.165, 1.54) is 0 Å². The number of hydrogen-bond donors (Lipinski definition) is 1. The van der Waals surface area contributed by atoms with Crippen LogP contribution < -0.4 is 5.32 Å². The van der Waals surface area contributed by atoms with Crippen LogP contribution in [0.15, 0.2) is 0 Å². The summed E-state index contributed by atoms with van der Waals surface area (Å²) in [4.78, 5) is 0. The third kappa shape index (κ3) is 2.67. The Kier molecular flexibility index (Phi) is 3.39. The average Bonchev–Trinajstić information content (AvgIpc) is 2.69. The molecule has 0 saturated carbocycles. The quantitative estimate of drug-likeness (QED) is 0.754. The van der Waals surface area contributed by atoms with Crippen molar-refractivity contribution in [2.75, 3.05) is 19.7 Å². The van der Waals surface area contributed by atoms with Crippen molar-refractivity contribution in [3.05, 3.63) is 0 Å². The first-order valence-electron chi connectivity index (χ1n) is 5.80. The van der Waals surface area contributed by atoms with E-state index >= 15 is 0 Å². The first-order valence-corrected chi connectivity index (χ1v) is 5.80. The molecule has 2 aliphatic rings. The van der Waals surface area contributed by atoms with Gasteiger partial charge in [-0.3, -0.25) is 0 Å². The van der Waals surface area contributed by atoms with E-state index in [0.29, 0.717) is 19.1 Å². The zero-order chi connectivity index (χ0) is 9.86. The van der Waals surface area contributed by atoms with E-state index in [1.807, 2.05) is 0 Å². The highest BCUT2D eigenvalue weighted by Gasteiger charge is 2.32. The lowest BCUT2D eigenvalue weighted by Gasteiger charge is -2.30. The molecule has 82 valence electrons. The zero-order valence-electron chi connectivity index (χ0n) is 8.73. The molecule has 0 aliphatic carbocycles. The van der Waals surface area contributed by atoms with Crippen LogP contribution in [0.1, 0.15) is 38.5 Å². The van der Waals surface area contributed by atoms with Crippen LogP contribution in [0.3, 0.4) is 0 Å². The van der Waals surface area contributed by atoms with Gasteiger partial charge in [0.1, 0.15) is 5.67 Å². The Labute approximate surface area is 85.2 Å². The van der Waals surface area contributed by atoms with Crippen LogP contribution in [0, 0.1) is 0 Å². The SMILES string of the molecule is FC1(CCC2CCCO2)CCCNC1. The number of piperidine rings is 1. The molecule has 0 radical (unpaired) electrons. The van der Waals surface area contributed by atoms with Crippen molar-refractivity contribution in [3.63, 3.8) is 0 Å². The smallest absolute Gasteiger partial charge is 0.123 e. The van der Waals surface area contributed by atoms with Crippen molar-refractivity contribution in [2.24, 2.45) is 0 Å². The second-order valence-corrected chi connectivity index (χ2v) is 4.60. The zero-order valence-corrected chi connectivity index (χ0v) is 8.73. The lowest BCUT2D eigenvalue weighted by atomic mass is 9.90. The normalized spacial score (nSPS) is 38.8. The largest absolute Gasteiger partial charge is 0.378 e. The molecule has 0 amide bonds. The van der Waals surface area contributed by atoms with Gasteiger partial charge in [0.05, 0.1) is 6.10 Å². The van der Waals surface area contributed by atoms with Gasteiger partial charge in [-0.1, -0.05) is 0 Å². The summed E-state index contributed by atoms with van der Waals surface area (Å²) in [5, 5.41) is 3.13. The van der Waals surface area contributed by atoms with Crippen LogP contribution >= 0.6 is 0 Å². The lowest BCUT2D eigenvalue weighted by molar-refractivity contribution is 0.0603. The van der Waals surface area contributed by atoms with Gasteiger partial charge in [-0.25, -0.2) is 4.39 Å². The molecule has 2 nitrogen and oxygen atoms in total. The van der Waals surface area contributed by atoms with Crippen LogP contribution in [0.4, 0.5) is 4.39 Å². The molecule has 2 aliphatic heterocycles. The van der Waals surface area contributed by atoms with Crippen LogP contribution in [-0.4, -0.2) is 31.5 Å². The first kappa shape index (κ1) is 10.4. The van der Waals surface area contributed by atoms with Crippen molar-refractivity contribution in [2.45, 2.75) is 50.3 Å². The topological polar surface area (TPSA) is 21.3 Å². The Hall–Kier alpha value is -0.150. The molecular weight excluding hydrogens is 181 g/mol. The van der Waals surface area contributed by atoms with E-state index in [1.54, 1.807) is 0 Å². The fraction of sp³-hybridized carbons (Fsp3) is 1.00. The van der Waals surface area contributed by atoms with Crippen LogP contribution in [0.25, 0.3) is 0 Å². The first-order chi connectivity index (χ1) is 6.79. The third-order valence-electron chi connectivity index (χ3n) is 3.36. The van der Waals surface area contributed by atoms with Crippen molar-refractivity contribution in [1.82, 2.24) is 5.32 Å². The van der Waals surface area contributed by atoms with Crippen molar-refractivity contribution >= 4 is 0 Å². The summed E-state index contributed by atoms with van der Waals surface area (Å²) in [6, 6.07) is 0. The van der Waals surface area contributed by atoms with Gasteiger partial charge < -0.3 is 10.1 Å². The molecule has 0 aromatic carbocycles. The molecule has 1 N–H and O–H groups in total. The number of alkyl halides is 1. The molecule has 2 rings (SSSR count). The van der Waals surface area contributed by atoms with Crippen molar-refractivity contribution < 1.29 is 9.13 Å². The Balaban J connectivity index is 1.72. The highest BCUT2D eigenvalue weighted by Crippen LogP contribution is 2.29. The molecule has 14 heavy (non-hydrogen) atoms. The molecule has 0 spiro atoms. The highest BCUT2D eigenvalue weighted by molar-refractivity contribution is 4.86. The van der Waals surface area contributed by atoms with Gasteiger partial charge in [-0.05, 0) is 45.1 Å². The van der Waals surface area contributed by atoms with Gasteiger partial charge >= 0.3 is 0 Å². The second kappa shape index (κ2) is 4.58. The van der Waals surface area contributed by atoms with E-state index in [0.717, 1.165) is 45.3 Å². The van der Waals surface area contributed by atoms with Crippen molar-refractivity contribution in [3.8, 4) is 0 Å². The van der Waals surface area contributed by atoms with Crippen LogP contribution in [0.5, 0.6) is 0 Å². The maximum atomic E-state index is 14.1.